The molecule has 0 aliphatic rings. The Morgan fingerprint density at radius 2 is 2.40 bits per heavy atom. The van der Waals surface area contributed by atoms with Gasteiger partial charge in [-0.3, -0.25) is 0 Å². The Kier molecular flexibility index (Phi) is 2.73. The van der Waals surface area contributed by atoms with Gasteiger partial charge in [0, 0.05) is 30.9 Å². The highest BCUT2D eigenvalue weighted by molar-refractivity contribution is 5.24. The van der Waals surface area contributed by atoms with Gasteiger partial charge < -0.3 is 4.84 Å². The van der Waals surface area contributed by atoms with Gasteiger partial charge in [-0.25, -0.2) is 9.67 Å². The van der Waals surface area contributed by atoms with Crippen LogP contribution in [0.5, 0.6) is 0 Å². The quantitative estimate of drug-likeness (QED) is 0.556. The molecule has 0 aliphatic carbocycles. The maximum atomic E-state index is 4.80. The summed E-state index contributed by atoms with van der Waals surface area (Å²) in [4.78, 5) is 9.03. The molecule has 0 aliphatic heterocycles. The van der Waals surface area contributed by atoms with Gasteiger partial charge in [0.1, 0.15) is 6.61 Å². The zero-order valence-corrected chi connectivity index (χ0v) is 8.08. The average molecular weight is 202 g/mol. The fourth-order valence-corrected chi connectivity index (χ4v) is 1.16. The predicted octanol–water partition coefficient (Wildman–Crippen LogP) is 1.40. The molecular formula is C10H10N4O. The maximum Gasteiger partial charge on any atom is 0.153 e. The number of aromatic nitrogens is 3. The lowest BCUT2D eigenvalue weighted by Gasteiger charge is -2.02. The molecule has 5 nitrogen and oxygen atoms in total. The second-order valence-corrected chi connectivity index (χ2v) is 2.88. The van der Waals surface area contributed by atoms with Gasteiger partial charge >= 0.3 is 0 Å². The molecule has 0 atom stereocenters. The van der Waals surface area contributed by atoms with Crippen molar-refractivity contribution >= 4 is 6.72 Å². The van der Waals surface area contributed by atoms with Crippen molar-refractivity contribution < 1.29 is 4.84 Å². The third kappa shape index (κ3) is 2.19. The molecule has 2 aromatic rings. The zero-order valence-electron chi connectivity index (χ0n) is 8.08. The van der Waals surface area contributed by atoms with Gasteiger partial charge in [-0.05, 0) is 12.1 Å². The Hall–Kier alpha value is -2.17. The predicted molar refractivity (Wildman–Crippen MR) is 55.7 cm³/mol. The summed E-state index contributed by atoms with van der Waals surface area (Å²) in [6, 6.07) is 5.63. The second-order valence-electron chi connectivity index (χ2n) is 2.88. The van der Waals surface area contributed by atoms with Gasteiger partial charge in [-0.2, -0.15) is 5.10 Å². The first-order valence-corrected chi connectivity index (χ1v) is 4.43. The van der Waals surface area contributed by atoms with Gasteiger partial charge in [-0.1, -0.05) is 6.07 Å². The summed E-state index contributed by atoms with van der Waals surface area (Å²) < 4.78 is 1.69. The van der Waals surface area contributed by atoms with Crippen LogP contribution in [0.15, 0.2) is 41.9 Å². The Morgan fingerprint density at radius 3 is 3.00 bits per heavy atom. The van der Waals surface area contributed by atoms with Crippen LogP contribution in [0, 0.1) is 0 Å². The first-order valence-electron chi connectivity index (χ1n) is 4.43. The largest absolute Gasteiger partial charge is 0.391 e. The van der Waals surface area contributed by atoms with Crippen molar-refractivity contribution in [3.05, 3.63) is 42.4 Å². The van der Waals surface area contributed by atoms with E-state index in [1.54, 1.807) is 17.1 Å². The molecule has 15 heavy (non-hydrogen) atoms. The SMILES string of the molecule is C=NOCc1ccc(-n2cccn2)nc1. The molecule has 0 saturated carbocycles. The molecule has 0 unspecified atom stereocenters. The van der Waals surface area contributed by atoms with E-state index < -0.39 is 0 Å². The normalized spacial score (nSPS) is 9.87. The number of pyridine rings is 1. The summed E-state index contributed by atoms with van der Waals surface area (Å²) in [7, 11) is 0. The molecular weight excluding hydrogens is 192 g/mol. The van der Waals surface area contributed by atoms with E-state index in [1.807, 2.05) is 24.4 Å². The van der Waals surface area contributed by atoms with Crippen LogP contribution in [0.1, 0.15) is 5.56 Å². The number of hydrogen-bond acceptors (Lipinski definition) is 4. The molecule has 0 saturated heterocycles. The first-order chi connectivity index (χ1) is 7.40. The molecule has 2 rings (SSSR count). The summed E-state index contributed by atoms with van der Waals surface area (Å²) in [5, 5.41) is 7.38. The smallest absolute Gasteiger partial charge is 0.153 e. The lowest BCUT2D eigenvalue weighted by atomic mass is 10.3. The minimum atomic E-state index is 0.385. The molecule has 2 heterocycles. The van der Waals surface area contributed by atoms with E-state index in [4.69, 9.17) is 4.84 Å². The van der Waals surface area contributed by atoms with Gasteiger partial charge in [0.05, 0.1) is 0 Å². The molecule has 0 aromatic carbocycles. The fraction of sp³-hybridized carbons (Fsp3) is 0.100. The topological polar surface area (TPSA) is 52.3 Å². The van der Waals surface area contributed by atoms with E-state index in [-0.39, 0.29) is 0 Å². The fourth-order valence-electron chi connectivity index (χ4n) is 1.16. The Labute approximate surface area is 87.0 Å². The Balaban J connectivity index is 2.14. The van der Waals surface area contributed by atoms with Crippen molar-refractivity contribution in [3.8, 4) is 5.82 Å². The van der Waals surface area contributed by atoms with Crippen LogP contribution in [0.2, 0.25) is 0 Å². The van der Waals surface area contributed by atoms with Crippen molar-refractivity contribution in [2.24, 2.45) is 5.16 Å². The highest BCUT2D eigenvalue weighted by atomic mass is 16.6. The van der Waals surface area contributed by atoms with E-state index in [0.717, 1.165) is 11.4 Å². The Morgan fingerprint density at radius 1 is 1.47 bits per heavy atom. The van der Waals surface area contributed by atoms with Gasteiger partial charge in [0.2, 0.25) is 0 Å². The highest BCUT2D eigenvalue weighted by Crippen LogP contribution is 2.05. The molecule has 76 valence electrons. The monoisotopic (exact) mass is 202 g/mol. The van der Waals surface area contributed by atoms with E-state index in [0.29, 0.717) is 6.61 Å². The number of hydrogen-bond donors (Lipinski definition) is 0. The van der Waals surface area contributed by atoms with Crippen molar-refractivity contribution in [1.29, 1.82) is 0 Å². The van der Waals surface area contributed by atoms with Crippen molar-refractivity contribution in [2.45, 2.75) is 6.61 Å². The summed E-state index contributed by atoms with van der Waals surface area (Å²) in [5.74, 6) is 0.773. The molecule has 0 bridgehead atoms. The van der Waals surface area contributed by atoms with Gasteiger partial charge in [0.15, 0.2) is 5.82 Å². The number of oxime groups is 1. The second kappa shape index (κ2) is 4.36. The van der Waals surface area contributed by atoms with Gasteiger partial charge in [-0.15, -0.1) is 5.16 Å². The molecule has 2 aromatic heterocycles. The standard InChI is InChI=1S/C10H10N4O/c1-11-15-8-9-3-4-10(12-7-9)14-6-2-5-13-14/h2-7H,1,8H2. The van der Waals surface area contributed by atoms with Crippen molar-refractivity contribution in [2.75, 3.05) is 0 Å². The van der Waals surface area contributed by atoms with Gasteiger partial charge in [0.25, 0.3) is 0 Å². The summed E-state index contributed by atoms with van der Waals surface area (Å²) in [6.07, 6.45) is 5.27. The van der Waals surface area contributed by atoms with Crippen LogP contribution in [0.25, 0.3) is 5.82 Å². The van der Waals surface area contributed by atoms with Crippen LogP contribution in [0.4, 0.5) is 0 Å². The zero-order chi connectivity index (χ0) is 10.5. The van der Waals surface area contributed by atoms with E-state index in [2.05, 4.69) is 22.0 Å². The molecule has 0 amide bonds. The molecule has 5 heteroatoms. The van der Waals surface area contributed by atoms with Crippen molar-refractivity contribution in [3.63, 3.8) is 0 Å². The third-order valence-corrected chi connectivity index (χ3v) is 1.87. The molecule has 0 N–H and O–H groups in total. The summed E-state index contributed by atoms with van der Waals surface area (Å²) in [5.41, 5.74) is 0.943. The summed E-state index contributed by atoms with van der Waals surface area (Å²) >= 11 is 0. The van der Waals surface area contributed by atoms with E-state index in [1.165, 1.54) is 0 Å². The highest BCUT2D eigenvalue weighted by Gasteiger charge is 1.98. The van der Waals surface area contributed by atoms with E-state index in [9.17, 15) is 0 Å². The number of rotatable bonds is 4. The molecule has 0 fully saturated rings. The third-order valence-electron chi connectivity index (χ3n) is 1.87. The van der Waals surface area contributed by atoms with Crippen LogP contribution >= 0.6 is 0 Å². The van der Waals surface area contributed by atoms with E-state index >= 15 is 0 Å². The minimum absolute atomic E-state index is 0.385. The molecule has 0 spiro atoms. The first kappa shape index (κ1) is 9.39. The Bertz CT molecular complexity index is 421. The molecule has 0 radical (unpaired) electrons. The van der Waals surface area contributed by atoms with Crippen LogP contribution in [0.3, 0.4) is 0 Å². The maximum absolute atomic E-state index is 4.80. The van der Waals surface area contributed by atoms with Crippen LogP contribution in [-0.4, -0.2) is 21.5 Å². The summed E-state index contributed by atoms with van der Waals surface area (Å²) in [6.45, 7) is 3.61. The lowest BCUT2D eigenvalue weighted by Crippen LogP contribution is -1.98. The average Bonchev–Trinajstić information content (AvgIpc) is 2.80. The minimum Gasteiger partial charge on any atom is -0.391 e. The van der Waals surface area contributed by atoms with Crippen LogP contribution < -0.4 is 0 Å². The van der Waals surface area contributed by atoms with Crippen molar-refractivity contribution in [1.82, 2.24) is 14.8 Å². The lowest BCUT2D eigenvalue weighted by molar-refractivity contribution is 0.133. The number of nitrogens with zero attached hydrogens (tertiary/aromatic N) is 4. The van der Waals surface area contributed by atoms with Crippen LogP contribution in [-0.2, 0) is 11.4 Å².